The van der Waals surface area contributed by atoms with Crippen LogP contribution in [0, 0.1) is 12.7 Å². The molecule has 1 fully saturated rings. The van der Waals surface area contributed by atoms with Crippen LogP contribution in [0.5, 0.6) is 0 Å². The van der Waals surface area contributed by atoms with Gasteiger partial charge in [-0.1, -0.05) is 36.4 Å². The molecule has 1 aliphatic heterocycles. The summed E-state index contributed by atoms with van der Waals surface area (Å²) in [7, 11) is 0. The zero-order valence-corrected chi connectivity index (χ0v) is 16.8. The molecule has 0 aliphatic carbocycles. The average molecular weight is 409 g/mol. The number of hydrogen-bond acceptors (Lipinski definition) is 4. The number of thioether (sulfide) groups is 1. The van der Waals surface area contributed by atoms with Crippen LogP contribution in [0.15, 0.2) is 75.9 Å². The van der Waals surface area contributed by atoms with Gasteiger partial charge in [-0.3, -0.25) is 9.69 Å². The highest BCUT2D eigenvalue weighted by Crippen LogP contribution is 2.36. The molecule has 6 heteroatoms. The predicted molar refractivity (Wildman–Crippen MR) is 115 cm³/mol. The van der Waals surface area contributed by atoms with Crippen molar-refractivity contribution in [3.8, 4) is 0 Å². The van der Waals surface area contributed by atoms with Gasteiger partial charge in [-0.2, -0.15) is 0 Å². The van der Waals surface area contributed by atoms with E-state index in [2.05, 4.69) is 0 Å². The lowest BCUT2D eigenvalue weighted by Gasteiger charge is -2.14. The third-order valence-electron chi connectivity index (χ3n) is 4.26. The van der Waals surface area contributed by atoms with Gasteiger partial charge in [-0.05, 0) is 65.5 Å². The molecule has 1 aliphatic rings. The average Bonchev–Trinajstić information content (AvgIpc) is 3.28. The molecule has 4 rings (SSSR count). The number of carbonyl (C=O) groups excluding carboxylic acids is 1. The summed E-state index contributed by atoms with van der Waals surface area (Å²) >= 11 is 2.93. The van der Waals surface area contributed by atoms with E-state index in [1.807, 2.05) is 48.7 Å². The molecule has 140 valence electrons. The van der Waals surface area contributed by atoms with E-state index in [1.165, 1.54) is 23.9 Å². The second-order valence-corrected chi connectivity index (χ2v) is 8.36. The standard InChI is InChI=1S/C22H17FN2OS2/c1-15-6-2-3-10-19(15)24-22-25(14-18-9-5-11-27-18)21(26)20(28-22)13-16-7-4-8-17(23)12-16/h2-13H,14H2,1H3/b20-13+,24-22?. The van der Waals surface area contributed by atoms with E-state index in [9.17, 15) is 9.18 Å². The maximum atomic E-state index is 13.5. The van der Waals surface area contributed by atoms with E-state index in [-0.39, 0.29) is 11.7 Å². The predicted octanol–water partition coefficient (Wildman–Crippen LogP) is 6.00. The quantitative estimate of drug-likeness (QED) is 0.496. The number of amides is 1. The third-order valence-corrected chi connectivity index (χ3v) is 6.13. The monoisotopic (exact) mass is 408 g/mol. The fraction of sp³-hybridized carbons (Fsp3) is 0.0909. The molecule has 0 spiro atoms. The van der Waals surface area contributed by atoms with Crippen LogP contribution in [0.3, 0.4) is 0 Å². The van der Waals surface area contributed by atoms with Crippen LogP contribution in [0.2, 0.25) is 0 Å². The highest BCUT2D eigenvalue weighted by atomic mass is 32.2. The normalized spacial score (nSPS) is 17.1. The van der Waals surface area contributed by atoms with Crippen molar-refractivity contribution in [2.75, 3.05) is 0 Å². The Balaban J connectivity index is 1.72. The summed E-state index contributed by atoms with van der Waals surface area (Å²) in [6, 6.07) is 18.0. The van der Waals surface area contributed by atoms with Crippen LogP contribution in [-0.4, -0.2) is 16.0 Å². The molecule has 1 saturated heterocycles. The lowest BCUT2D eigenvalue weighted by Crippen LogP contribution is -2.28. The molecular formula is C22H17FN2OS2. The maximum absolute atomic E-state index is 13.5. The first-order valence-electron chi connectivity index (χ1n) is 8.74. The summed E-state index contributed by atoms with van der Waals surface area (Å²) in [5.74, 6) is -0.441. The number of thiophene rings is 1. The zero-order valence-electron chi connectivity index (χ0n) is 15.1. The summed E-state index contributed by atoms with van der Waals surface area (Å²) in [5, 5.41) is 2.63. The van der Waals surface area contributed by atoms with Gasteiger partial charge in [0.15, 0.2) is 5.17 Å². The van der Waals surface area contributed by atoms with Crippen molar-refractivity contribution in [3.05, 3.63) is 92.8 Å². The van der Waals surface area contributed by atoms with Gasteiger partial charge in [0.2, 0.25) is 0 Å². The Morgan fingerprint density at radius 3 is 2.71 bits per heavy atom. The van der Waals surface area contributed by atoms with E-state index in [1.54, 1.807) is 34.4 Å². The van der Waals surface area contributed by atoms with E-state index < -0.39 is 0 Å². The van der Waals surface area contributed by atoms with Gasteiger partial charge in [0, 0.05) is 4.88 Å². The highest BCUT2D eigenvalue weighted by Gasteiger charge is 2.33. The Kier molecular flexibility index (Phi) is 5.41. The molecule has 1 amide bonds. The first-order chi connectivity index (χ1) is 13.6. The van der Waals surface area contributed by atoms with Crippen molar-refractivity contribution < 1.29 is 9.18 Å². The van der Waals surface area contributed by atoms with Gasteiger partial charge < -0.3 is 0 Å². The van der Waals surface area contributed by atoms with Crippen LogP contribution < -0.4 is 0 Å². The second kappa shape index (κ2) is 8.12. The molecular weight excluding hydrogens is 391 g/mol. The fourth-order valence-electron chi connectivity index (χ4n) is 2.83. The van der Waals surface area contributed by atoms with E-state index in [4.69, 9.17) is 4.99 Å². The number of hydrogen-bond donors (Lipinski definition) is 0. The van der Waals surface area contributed by atoms with Gasteiger partial charge in [0.1, 0.15) is 5.82 Å². The number of carbonyl (C=O) groups is 1. The topological polar surface area (TPSA) is 32.7 Å². The van der Waals surface area contributed by atoms with Crippen molar-refractivity contribution in [1.82, 2.24) is 4.90 Å². The van der Waals surface area contributed by atoms with E-state index in [0.29, 0.717) is 22.2 Å². The van der Waals surface area contributed by atoms with Crippen molar-refractivity contribution in [2.24, 2.45) is 4.99 Å². The van der Waals surface area contributed by atoms with Crippen LogP contribution in [-0.2, 0) is 11.3 Å². The van der Waals surface area contributed by atoms with Crippen molar-refractivity contribution in [2.45, 2.75) is 13.5 Å². The molecule has 28 heavy (non-hydrogen) atoms. The van der Waals surface area contributed by atoms with Crippen molar-refractivity contribution >= 4 is 45.9 Å². The lowest BCUT2D eigenvalue weighted by atomic mass is 10.2. The minimum absolute atomic E-state index is 0.116. The SMILES string of the molecule is Cc1ccccc1N=C1S/C(=C/c2cccc(F)c2)C(=O)N1Cc1cccs1. The van der Waals surface area contributed by atoms with Crippen LogP contribution in [0.1, 0.15) is 16.0 Å². The Bertz CT molecular complexity index is 1070. The largest absolute Gasteiger partial charge is 0.281 e. The molecule has 0 radical (unpaired) electrons. The number of halogens is 1. The maximum Gasteiger partial charge on any atom is 0.267 e. The molecule has 2 aromatic carbocycles. The number of aryl methyl sites for hydroxylation is 1. The highest BCUT2D eigenvalue weighted by molar-refractivity contribution is 8.18. The lowest BCUT2D eigenvalue weighted by molar-refractivity contribution is -0.122. The molecule has 0 unspecified atom stereocenters. The smallest absolute Gasteiger partial charge is 0.267 e. The fourth-order valence-corrected chi connectivity index (χ4v) is 4.51. The van der Waals surface area contributed by atoms with Crippen LogP contribution in [0.25, 0.3) is 6.08 Å². The summed E-state index contributed by atoms with van der Waals surface area (Å²) < 4.78 is 13.5. The van der Waals surface area contributed by atoms with Gasteiger partial charge in [-0.15, -0.1) is 11.3 Å². The minimum atomic E-state index is -0.325. The van der Waals surface area contributed by atoms with E-state index in [0.717, 1.165) is 16.1 Å². The summed E-state index contributed by atoms with van der Waals surface area (Å²) in [6.45, 7) is 2.46. The van der Waals surface area contributed by atoms with Crippen LogP contribution in [0.4, 0.5) is 10.1 Å². The van der Waals surface area contributed by atoms with Gasteiger partial charge >= 0.3 is 0 Å². The molecule has 1 aromatic heterocycles. The zero-order chi connectivity index (χ0) is 19.5. The van der Waals surface area contributed by atoms with Gasteiger partial charge in [0.05, 0.1) is 17.1 Å². The molecule has 0 saturated carbocycles. The number of benzene rings is 2. The molecule has 0 N–H and O–H groups in total. The molecule has 3 nitrogen and oxygen atoms in total. The first-order valence-corrected chi connectivity index (χ1v) is 10.4. The molecule has 3 aromatic rings. The summed E-state index contributed by atoms with van der Waals surface area (Å²) in [5.41, 5.74) is 2.53. The first kappa shape index (κ1) is 18.7. The number of rotatable bonds is 4. The second-order valence-electron chi connectivity index (χ2n) is 6.32. The number of nitrogens with zero attached hydrogens (tertiary/aromatic N) is 2. The van der Waals surface area contributed by atoms with Gasteiger partial charge in [-0.25, -0.2) is 9.38 Å². The number of aliphatic imine (C=N–C) groups is 1. The Hall–Kier alpha value is -2.70. The molecule has 0 bridgehead atoms. The number of para-hydroxylation sites is 1. The molecule has 0 atom stereocenters. The van der Waals surface area contributed by atoms with Crippen molar-refractivity contribution in [3.63, 3.8) is 0 Å². The van der Waals surface area contributed by atoms with Gasteiger partial charge in [0.25, 0.3) is 5.91 Å². The minimum Gasteiger partial charge on any atom is -0.281 e. The summed E-state index contributed by atoms with van der Waals surface area (Å²) in [4.78, 5) is 21.1. The van der Waals surface area contributed by atoms with E-state index >= 15 is 0 Å². The molecule has 2 heterocycles. The van der Waals surface area contributed by atoms with Crippen molar-refractivity contribution in [1.29, 1.82) is 0 Å². The van der Waals surface area contributed by atoms with Crippen LogP contribution >= 0.6 is 23.1 Å². The Morgan fingerprint density at radius 1 is 1.11 bits per heavy atom. The Labute approximate surface area is 171 Å². The number of amidine groups is 1. The third kappa shape index (κ3) is 4.08. The Morgan fingerprint density at radius 2 is 1.96 bits per heavy atom. The summed E-state index contributed by atoms with van der Waals surface area (Å²) in [6.07, 6.45) is 1.72.